The number of hydrogen-bond acceptors (Lipinski definition) is 2. The van der Waals surface area contributed by atoms with E-state index in [2.05, 4.69) is 19.2 Å². The Labute approximate surface area is 167 Å². The first-order valence-electron chi connectivity index (χ1n) is 9.58. The Kier molecular flexibility index (Phi) is 5.96. The van der Waals surface area contributed by atoms with Crippen LogP contribution < -0.4 is 10.2 Å². The lowest BCUT2D eigenvalue weighted by atomic mass is 9.96. The third kappa shape index (κ3) is 4.60. The third-order valence-corrected chi connectivity index (χ3v) is 5.32. The fraction of sp³-hybridized carbons (Fsp3) is 0.364. The van der Waals surface area contributed by atoms with Crippen molar-refractivity contribution in [3.8, 4) is 0 Å². The lowest BCUT2D eigenvalue weighted by Gasteiger charge is -2.23. The highest BCUT2D eigenvalue weighted by atomic mass is 19.4. The summed E-state index contributed by atoms with van der Waals surface area (Å²) in [5.74, 6) is -0.981. The van der Waals surface area contributed by atoms with E-state index in [1.165, 1.54) is 12.1 Å². The molecule has 1 aliphatic rings. The van der Waals surface area contributed by atoms with Crippen molar-refractivity contribution in [2.75, 3.05) is 16.8 Å². The molecule has 4 nitrogen and oxygen atoms in total. The van der Waals surface area contributed by atoms with Crippen LogP contribution in [0.25, 0.3) is 0 Å². The number of carbonyl (C=O) groups is 2. The van der Waals surface area contributed by atoms with E-state index in [0.717, 1.165) is 29.8 Å². The second kappa shape index (κ2) is 8.27. The van der Waals surface area contributed by atoms with Crippen LogP contribution in [0.2, 0.25) is 0 Å². The predicted octanol–water partition coefficient (Wildman–Crippen LogP) is 5.21. The maximum Gasteiger partial charge on any atom is 0.416 e. The third-order valence-electron chi connectivity index (χ3n) is 5.32. The number of halogens is 3. The van der Waals surface area contributed by atoms with Crippen LogP contribution >= 0.6 is 0 Å². The van der Waals surface area contributed by atoms with E-state index in [1.54, 1.807) is 4.90 Å². The molecule has 0 saturated carbocycles. The maximum absolute atomic E-state index is 12.9. The molecular formula is C22H23F3N2O2. The van der Waals surface area contributed by atoms with Gasteiger partial charge in [0.2, 0.25) is 11.8 Å². The van der Waals surface area contributed by atoms with E-state index in [1.807, 2.05) is 24.3 Å². The highest BCUT2D eigenvalue weighted by molar-refractivity contribution is 6.03. The minimum absolute atomic E-state index is 0.0274. The first kappa shape index (κ1) is 20.9. The van der Waals surface area contributed by atoms with Crippen molar-refractivity contribution < 1.29 is 22.8 Å². The Bertz CT molecular complexity index is 911. The van der Waals surface area contributed by atoms with Crippen LogP contribution in [0.3, 0.4) is 0 Å². The summed E-state index contributed by atoms with van der Waals surface area (Å²) in [6.45, 7) is 4.35. The van der Waals surface area contributed by atoms with Crippen LogP contribution in [0.15, 0.2) is 48.5 Å². The molecule has 1 saturated heterocycles. The highest BCUT2D eigenvalue weighted by Crippen LogP contribution is 2.34. The molecule has 1 aliphatic heterocycles. The molecule has 2 aromatic carbocycles. The van der Waals surface area contributed by atoms with Crippen molar-refractivity contribution in [2.24, 2.45) is 5.92 Å². The number of amides is 2. The summed E-state index contributed by atoms with van der Waals surface area (Å²) in [4.78, 5) is 26.8. The minimum Gasteiger partial charge on any atom is -0.326 e. The number of anilines is 2. The van der Waals surface area contributed by atoms with Gasteiger partial charge in [-0.3, -0.25) is 9.59 Å². The van der Waals surface area contributed by atoms with Crippen LogP contribution in [0.5, 0.6) is 0 Å². The van der Waals surface area contributed by atoms with Gasteiger partial charge in [0.15, 0.2) is 0 Å². The zero-order chi connectivity index (χ0) is 21.2. The molecule has 29 heavy (non-hydrogen) atoms. The number of carbonyl (C=O) groups excluding carboxylic acids is 2. The molecule has 154 valence electrons. The van der Waals surface area contributed by atoms with Crippen LogP contribution in [0.1, 0.15) is 43.7 Å². The Morgan fingerprint density at radius 2 is 1.93 bits per heavy atom. The van der Waals surface area contributed by atoms with E-state index in [0.29, 0.717) is 0 Å². The van der Waals surface area contributed by atoms with Gasteiger partial charge in [0, 0.05) is 24.3 Å². The molecule has 3 rings (SSSR count). The molecule has 0 radical (unpaired) electrons. The molecule has 0 spiro atoms. The summed E-state index contributed by atoms with van der Waals surface area (Å²) >= 11 is 0. The number of benzene rings is 2. The molecule has 1 N–H and O–H groups in total. The van der Waals surface area contributed by atoms with Gasteiger partial charge in [0.25, 0.3) is 0 Å². The van der Waals surface area contributed by atoms with Crippen molar-refractivity contribution in [3.05, 3.63) is 59.7 Å². The van der Waals surface area contributed by atoms with Crippen molar-refractivity contribution in [1.29, 1.82) is 0 Å². The summed E-state index contributed by atoms with van der Waals surface area (Å²) in [6.07, 6.45) is -3.54. The lowest BCUT2D eigenvalue weighted by molar-refractivity contribution is -0.137. The fourth-order valence-electron chi connectivity index (χ4n) is 3.50. The fourth-order valence-corrected chi connectivity index (χ4v) is 3.50. The highest BCUT2D eigenvalue weighted by Gasteiger charge is 2.36. The molecule has 2 aromatic rings. The van der Waals surface area contributed by atoms with Crippen LogP contribution in [-0.2, 0) is 15.8 Å². The van der Waals surface area contributed by atoms with Crippen molar-refractivity contribution >= 4 is 23.2 Å². The Balaban J connectivity index is 1.75. The van der Waals surface area contributed by atoms with E-state index in [9.17, 15) is 22.8 Å². The number of para-hydroxylation sites is 1. The summed E-state index contributed by atoms with van der Waals surface area (Å²) in [6, 6.07) is 12.1. The molecular weight excluding hydrogens is 381 g/mol. The number of nitrogens with one attached hydrogen (secondary N) is 1. The molecule has 0 bridgehead atoms. The normalized spacial score (nSPS) is 18.0. The van der Waals surface area contributed by atoms with Gasteiger partial charge in [0.05, 0.1) is 11.5 Å². The smallest absolute Gasteiger partial charge is 0.326 e. The minimum atomic E-state index is -4.49. The molecule has 2 amide bonds. The average Bonchev–Trinajstić information content (AvgIpc) is 3.08. The van der Waals surface area contributed by atoms with Gasteiger partial charge in [0.1, 0.15) is 0 Å². The van der Waals surface area contributed by atoms with Gasteiger partial charge in [-0.2, -0.15) is 13.2 Å². The van der Waals surface area contributed by atoms with Gasteiger partial charge in [-0.1, -0.05) is 38.1 Å². The molecule has 0 aromatic heterocycles. The molecule has 2 atom stereocenters. The zero-order valence-electron chi connectivity index (χ0n) is 16.3. The predicted molar refractivity (Wildman–Crippen MR) is 106 cm³/mol. The molecule has 7 heteroatoms. The van der Waals surface area contributed by atoms with E-state index in [-0.39, 0.29) is 30.5 Å². The monoisotopic (exact) mass is 404 g/mol. The average molecular weight is 404 g/mol. The Morgan fingerprint density at radius 1 is 1.21 bits per heavy atom. The topological polar surface area (TPSA) is 49.4 Å². The second-order valence-corrected chi connectivity index (χ2v) is 7.34. The van der Waals surface area contributed by atoms with Crippen LogP contribution in [0.4, 0.5) is 24.5 Å². The Morgan fingerprint density at radius 3 is 2.62 bits per heavy atom. The summed E-state index contributed by atoms with van der Waals surface area (Å²) < 4.78 is 38.6. The van der Waals surface area contributed by atoms with E-state index >= 15 is 0 Å². The molecule has 0 unspecified atom stereocenters. The van der Waals surface area contributed by atoms with Gasteiger partial charge in [-0.05, 0) is 42.2 Å². The maximum atomic E-state index is 12.9. The van der Waals surface area contributed by atoms with Crippen LogP contribution in [0, 0.1) is 5.92 Å². The second-order valence-electron chi connectivity index (χ2n) is 7.34. The van der Waals surface area contributed by atoms with Crippen molar-refractivity contribution in [1.82, 2.24) is 0 Å². The standard InChI is InChI=1S/C22H23F3N2O2/c1-3-14(2)18-9-4-5-10-19(18)27-13-15(11-20(27)28)21(29)26-17-8-6-7-16(12-17)22(23,24)25/h4-10,12,14-15H,3,11,13H2,1-2H3,(H,26,29)/t14-,15-/m0/s1. The Hall–Kier alpha value is -2.83. The summed E-state index contributed by atoms with van der Waals surface area (Å²) in [7, 11) is 0. The zero-order valence-corrected chi connectivity index (χ0v) is 16.3. The largest absolute Gasteiger partial charge is 0.416 e. The van der Waals surface area contributed by atoms with Crippen molar-refractivity contribution in [2.45, 2.75) is 38.8 Å². The van der Waals surface area contributed by atoms with E-state index < -0.39 is 23.6 Å². The van der Waals surface area contributed by atoms with E-state index in [4.69, 9.17) is 0 Å². The number of nitrogens with zero attached hydrogens (tertiary/aromatic N) is 1. The summed E-state index contributed by atoms with van der Waals surface area (Å²) in [5, 5.41) is 2.52. The first-order valence-corrected chi connectivity index (χ1v) is 9.58. The van der Waals surface area contributed by atoms with Gasteiger partial charge in [-0.15, -0.1) is 0 Å². The number of rotatable bonds is 5. The lowest BCUT2D eigenvalue weighted by Crippen LogP contribution is -2.29. The van der Waals surface area contributed by atoms with Gasteiger partial charge in [-0.25, -0.2) is 0 Å². The molecule has 0 aliphatic carbocycles. The quantitative estimate of drug-likeness (QED) is 0.744. The molecule has 1 heterocycles. The van der Waals surface area contributed by atoms with Gasteiger partial charge < -0.3 is 10.2 Å². The van der Waals surface area contributed by atoms with Crippen LogP contribution in [-0.4, -0.2) is 18.4 Å². The SMILES string of the molecule is CC[C@H](C)c1ccccc1N1C[C@@H](C(=O)Nc2cccc(C(F)(F)F)c2)CC1=O. The van der Waals surface area contributed by atoms with Crippen molar-refractivity contribution in [3.63, 3.8) is 0 Å². The summed E-state index contributed by atoms with van der Waals surface area (Å²) in [5.41, 5.74) is 1.07. The van der Waals surface area contributed by atoms with Gasteiger partial charge >= 0.3 is 6.18 Å². The molecule has 1 fully saturated rings. The first-order chi connectivity index (χ1) is 13.7. The number of alkyl halides is 3. The number of hydrogen-bond donors (Lipinski definition) is 1.